The molecule has 1 aliphatic rings. The molecule has 0 radical (unpaired) electrons. The molecule has 0 aliphatic carbocycles. The van der Waals surface area contributed by atoms with Crippen LogP contribution in [0, 0.1) is 5.82 Å². The molecule has 3 heterocycles. The van der Waals surface area contributed by atoms with E-state index in [4.69, 9.17) is 9.15 Å². The number of furan rings is 1. The Kier molecular flexibility index (Phi) is 4.06. The van der Waals surface area contributed by atoms with Gasteiger partial charge in [0.1, 0.15) is 5.76 Å². The highest BCUT2D eigenvalue weighted by atomic mass is 19.1. The van der Waals surface area contributed by atoms with Crippen molar-refractivity contribution in [2.24, 2.45) is 5.10 Å². The van der Waals surface area contributed by atoms with Crippen LogP contribution in [0.2, 0.25) is 0 Å². The van der Waals surface area contributed by atoms with E-state index in [-0.39, 0.29) is 11.8 Å². The van der Waals surface area contributed by atoms with E-state index in [1.807, 2.05) is 4.90 Å². The largest absolute Gasteiger partial charge is 0.463 e. The SMILES string of the molecule is Fc1cnc(N/N=C\c2ccco2)nc1N1CCOCC1. The van der Waals surface area contributed by atoms with Crippen LogP contribution in [0.3, 0.4) is 0 Å². The second kappa shape index (κ2) is 6.31. The van der Waals surface area contributed by atoms with Crippen LogP contribution in [0.5, 0.6) is 0 Å². The fourth-order valence-corrected chi connectivity index (χ4v) is 1.93. The van der Waals surface area contributed by atoms with E-state index in [0.29, 0.717) is 32.1 Å². The number of morpholine rings is 1. The molecule has 3 rings (SSSR count). The van der Waals surface area contributed by atoms with E-state index in [1.54, 1.807) is 18.4 Å². The van der Waals surface area contributed by atoms with Crippen molar-refractivity contribution in [1.82, 2.24) is 9.97 Å². The van der Waals surface area contributed by atoms with Crippen LogP contribution >= 0.6 is 0 Å². The standard InChI is InChI=1S/C13H14FN5O2/c14-11-9-15-13(18-16-8-10-2-1-5-21-10)17-12(11)19-3-6-20-7-4-19/h1-2,5,8-9H,3-4,6-7H2,(H,15,17,18)/b16-8-. The number of aromatic nitrogens is 2. The number of ether oxygens (including phenoxy) is 1. The summed E-state index contributed by atoms with van der Waals surface area (Å²) >= 11 is 0. The van der Waals surface area contributed by atoms with Crippen LogP contribution in [0.15, 0.2) is 34.1 Å². The van der Waals surface area contributed by atoms with Crippen LogP contribution in [0.4, 0.5) is 16.2 Å². The molecule has 1 saturated heterocycles. The third-order valence-corrected chi connectivity index (χ3v) is 2.94. The molecule has 1 fully saturated rings. The molecule has 0 saturated carbocycles. The van der Waals surface area contributed by atoms with Gasteiger partial charge in [-0.2, -0.15) is 10.1 Å². The van der Waals surface area contributed by atoms with E-state index in [1.165, 1.54) is 6.21 Å². The molecule has 2 aromatic heterocycles. The minimum atomic E-state index is -0.461. The monoisotopic (exact) mass is 291 g/mol. The van der Waals surface area contributed by atoms with Gasteiger partial charge in [0, 0.05) is 13.1 Å². The number of rotatable bonds is 4. The van der Waals surface area contributed by atoms with Gasteiger partial charge >= 0.3 is 0 Å². The average Bonchev–Trinajstić information content (AvgIpc) is 3.03. The highest BCUT2D eigenvalue weighted by molar-refractivity contribution is 5.76. The maximum absolute atomic E-state index is 13.8. The summed E-state index contributed by atoms with van der Waals surface area (Å²) in [6.07, 6.45) is 4.16. The molecule has 21 heavy (non-hydrogen) atoms. The fourth-order valence-electron chi connectivity index (χ4n) is 1.93. The maximum Gasteiger partial charge on any atom is 0.245 e. The Labute approximate surface area is 120 Å². The lowest BCUT2D eigenvalue weighted by molar-refractivity contribution is 0.122. The molecule has 8 heteroatoms. The predicted octanol–water partition coefficient (Wildman–Crippen LogP) is 1.49. The lowest BCUT2D eigenvalue weighted by atomic mass is 10.4. The van der Waals surface area contributed by atoms with E-state index in [0.717, 1.165) is 6.20 Å². The predicted molar refractivity (Wildman–Crippen MR) is 74.9 cm³/mol. The second-order valence-corrected chi connectivity index (χ2v) is 4.35. The van der Waals surface area contributed by atoms with Gasteiger partial charge in [-0.05, 0) is 12.1 Å². The van der Waals surface area contributed by atoms with Gasteiger partial charge < -0.3 is 14.1 Å². The van der Waals surface area contributed by atoms with E-state index >= 15 is 0 Å². The fraction of sp³-hybridized carbons (Fsp3) is 0.308. The van der Waals surface area contributed by atoms with Crippen molar-refractivity contribution in [1.29, 1.82) is 0 Å². The molecule has 0 amide bonds. The van der Waals surface area contributed by atoms with Crippen LogP contribution < -0.4 is 10.3 Å². The molecular weight excluding hydrogens is 277 g/mol. The van der Waals surface area contributed by atoms with Crippen molar-refractivity contribution in [2.45, 2.75) is 0 Å². The third kappa shape index (κ3) is 3.34. The van der Waals surface area contributed by atoms with Gasteiger partial charge in [0.2, 0.25) is 5.95 Å². The van der Waals surface area contributed by atoms with Crippen molar-refractivity contribution in [3.63, 3.8) is 0 Å². The Morgan fingerprint density at radius 2 is 2.24 bits per heavy atom. The zero-order chi connectivity index (χ0) is 14.5. The molecule has 7 nitrogen and oxygen atoms in total. The highest BCUT2D eigenvalue weighted by Gasteiger charge is 2.17. The molecule has 2 aromatic rings. The molecule has 0 unspecified atom stereocenters. The van der Waals surface area contributed by atoms with Crippen LogP contribution in [-0.4, -0.2) is 42.5 Å². The summed E-state index contributed by atoms with van der Waals surface area (Å²) < 4.78 is 24.1. The number of anilines is 2. The first-order chi connectivity index (χ1) is 10.3. The van der Waals surface area contributed by atoms with Gasteiger partial charge in [-0.15, -0.1) is 0 Å². The van der Waals surface area contributed by atoms with Crippen molar-refractivity contribution in [2.75, 3.05) is 36.6 Å². The number of nitrogens with zero attached hydrogens (tertiary/aromatic N) is 4. The first kappa shape index (κ1) is 13.5. The van der Waals surface area contributed by atoms with Crippen molar-refractivity contribution < 1.29 is 13.5 Å². The first-order valence-electron chi connectivity index (χ1n) is 6.51. The lowest BCUT2D eigenvalue weighted by Crippen LogP contribution is -2.37. The molecule has 1 N–H and O–H groups in total. The molecule has 110 valence electrons. The molecule has 0 spiro atoms. The smallest absolute Gasteiger partial charge is 0.245 e. The normalized spacial score (nSPS) is 15.6. The molecule has 0 atom stereocenters. The zero-order valence-electron chi connectivity index (χ0n) is 11.2. The number of hydrazone groups is 1. The van der Waals surface area contributed by atoms with E-state index < -0.39 is 5.82 Å². The van der Waals surface area contributed by atoms with Gasteiger partial charge in [-0.1, -0.05) is 0 Å². The van der Waals surface area contributed by atoms with Crippen molar-refractivity contribution in [3.05, 3.63) is 36.2 Å². The summed E-state index contributed by atoms with van der Waals surface area (Å²) in [6, 6.07) is 3.52. The average molecular weight is 291 g/mol. The van der Waals surface area contributed by atoms with Crippen LogP contribution in [0.1, 0.15) is 5.76 Å². The van der Waals surface area contributed by atoms with Gasteiger partial charge in [-0.25, -0.2) is 14.8 Å². The summed E-state index contributed by atoms with van der Waals surface area (Å²) in [6.45, 7) is 2.32. The van der Waals surface area contributed by atoms with Gasteiger partial charge in [0.25, 0.3) is 0 Å². The van der Waals surface area contributed by atoms with Gasteiger partial charge in [0.05, 0.1) is 31.9 Å². The topological polar surface area (TPSA) is 75.8 Å². The van der Waals surface area contributed by atoms with Gasteiger partial charge in [-0.3, -0.25) is 0 Å². The van der Waals surface area contributed by atoms with E-state index in [2.05, 4.69) is 20.5 Å². The van der Waals surface area contributed by atoms with Crippen LogP contribution in [0.25, 0.3) is 0 Å². The second-order valence-electron chi connectivity index (χ2n) is 4.35. The maximum atomic E-state index is 13.8. The summed E-state index contributed by atoms with van der Waals surface area (Å²) in [5.74, 6) is 0.611. The Morgan fingerprint density at radius 3 is 3.00 bits per heavy atom. The number of halogens is 1. The highest BCUT2D eigenvalue weighted by Crippen LogP contribution is 2.18. The molecule has 1 aliphatic heterocycles. The quantitative estimate of drug-likeness (QED) is 0.679. The Balaban J connectivity index is 1.71. The first-order valence-corrected chi connectivity index (χ1v) is 6.51. The summed E-state index contributed by atoms with van der Waals surface area (Å²) in [5, 5.41) is 3.94. The number of hydrogen-bond donors (Lipinski definition) is 1. The molecule has 0 bridgehead atoms. The lowest BCUT2D eigenvalue weighted by Gasteiger charge is -2.27. The van der Waals surface area contributed by atoms with Gasteiger partial charge in [0.15, 0.2) is 11.6 Å². The Bertz CT molecular complexity index is 611. The Hall–Kier alpha value is -2.48. The molecule has 0 aromatic carbocycles. The van der Waals surface area contributed by atoms with Crippen molar-refractivity contribution in [3.8, 4) is 0 Å². The Morgan fingerprint density at radius 1 is 1.38 bits per heavy atom. The van der Waals surface area contributed by atoms with Crippen molar-refractivity contribution >= 4 is 18.0 Å². The minimum absolute atomic E-state index is 0.223. The zero-order valence-corrected chi connectivity index (χ0v) is 11.2. The number of nitrogens with one attached hydrogen (secondary N) is 1. The summed E-state index contributed by atoms with van der Waals surface area (Å²) in [7, 11) is 0. The summed E-state index contributed by atoms with van der Waals surface area (Å²) in [5.41, 5.74) is 2.65. The van der Waals surface area contributed by atoms with Crippen LogP contribution in [-0.2, 0) is 4.74 Å². The molecular formula is C13H14FN5O2. The summed E-state index contributed by atoms with van der Waals surface area (Å²) in [4.78, 5) is 9.82. The number of hydrogen-bond acceptors (Lipinski definition) is 7. The van der Waals surface area contributed by atoms with E-state index in [9.17, 15) is 4.39 Å². The minimum Gasteiger partial charge on any atom is -0.463 e. The third-order valence-electron chi connectivity index (χ3n) is 2.94.